The van der Waals surface area contributed by atoms with Gasteiger partial charge in [-0.2, -0.15) is 0 Å². The average molecular weight is 291 g/mol. The fourth-order valence-electron chi connectivity index (χ4n) is 3.44. The number of aliphatic hydroxyl groups is 1. The van der Waals surface area contributed by atoms with Gasteiger partial charge in [0.25, 0.3) is 0 Å². The molecule has 0 bridgehead atoms. The van der Waals surface area contributed by atoms with Crippen molar-refractivity contribution in [1.29, 1.82) is 0 Å². The largest absolute Gasteiger partial charge is 0.389 e. The molecule has 2 nitrogen and oxygen atoms in total. The van der Waals surface area contributed by atoms with Crippen LogP contribution in [0.2, 0.25) is 0 Å². The van der Waals surface area contributed by atoms with Crippen LogP contribution in [0.3, 0.4) is 0 Å². The van der Waals surface area contributed by atoms with Crippen molar-refractivity contribution in [3.8, 4) is 0 Å². The van der Waals surface area contributed by atoms with Crippen molar-refractivity contribution in [3.63, 3.8) is 0 Å². The van der Waals surface area contributed by atoms with Crippen molar-refractivity contribution < 1.29 is 5.11 Å². The zero-order chi connectivity index (χ0) is 14.0. The summed E-state index contributed by atoms with van der Waals surface area (Å²) in [5, 5.41) is 14.3. The van der Waals surface area contributed by atoms with E-state index in [1.54, 1.807) is 0 Å². The normalized spacial score (nSPS) is 33.1. The highest BCUT2D eigenvalue weighted by Crippen LogP contribution is 2.39. The maximum Gasteiger partial charge on any atom is 0.0772 e. The Kier molecular flexibility index (Phi) is 4.39. The van der Waals surface area contributed by atoms with Crippen LogP contribution in [0.1, 0.15) is 50.6 Å². The molecule has 0 spiro atoms. The topological polar surface area (TPSA) is 32.3 Å². The van der Waals surface area contributed by atoms with Crippen LogP contribution in [-0.2, 0) is 0 Å². The Hall–Kier alpha value is -0.510. The van der Waals surface area contributed by atoms with Gasteiger partial charge in [-0.05, 0) is 43.2 Å². The Morgan fingerprint density at radius 2 is 2.05 bits per heavy atom. The van der Waals surface area contributed by atoms with Crippen molar-refractivity contribution in [1.82, 2.24) is 5.32 Å². The molecule has 0 amide bonds. The van der Waals surface area contributed by atoms with E-state index >= 15 is 0 Å². The van der Waals surface area contributed by atoms with Crippen molar-refractivity contribution >= 4 is 11.8 Å². The van der Waals surface area contributed by atoms with Crippen molar-refractivity contribution in [2.24, 2.45) is 5.92 Å². The molecule has 1 aromatic carbocycles. The minimum absolute atomic E-state index is 0.407. The summed E-state index contributed by atoms with van der Waals surface area (Å²) >= 11 is 1.92. The van der Waals surface area contributed by atoms with Crippen LogP contribution in [0.15, 0.2) is 29.2 Å². The van der Waals surface area contributed by atoms with E-state index in [4.69, 9.17) is 0 Å². The summed E-state index contributed by atoms with van der Waals surface area (Å²) in [5.41, 5.74) is 0.928. The predicted octanol–water partition coefficient (Wildman–Crippen LogP) is 3.75. The summed E-state index contributed by atoms with van der Waals surface area (Å²) in [6.45, 7) is 3.00. The van der Waals surface area contributed by atoms with Crippen molar-refractivity contribution in [2.45, 2.75) is 55.6 Å². The predicted molar refractivity (Wildman–Crippen MR) is 85.1 cm³/mol. The van der Waals surface area contributed by atoms with Gasteiger partial charge in [-0.25, -0.2) is 0 Å². The molecule has 0 aromatic heterocycles. The van der Waals surface area contributed by atoms with E-state index in [2.05, 4.69) is 36.5 Å². The smallest absolute Gasteiger partial charge is 0.0772 e. The van der Waals surface area contributed by atoms with Crippen molar-refractivity contribution in [2.75, 3.05) is 12.3 Å². The maximum atomic E-state index is 10.7. The van der Waals surface area contributed by atoms with Gasteiger partial charge >= 0.3 is 0 Å². The summed E-state index contributed by atoms with van der Waals surface area (Å²) in [5.74, 6) is 1.92. The van der Waals surface area contributed by atoms with Crippen LogP contribution in [0.25, 0.3) is 0 Å². The summed E-state index contributed by atoms with van der Waals surface area (Å²) in [6.07, 6.45) is 5.55. The van der Waals surface area contributed by atoms with Gasteiger partial charge in [0.15, 0.2) is 0 Å². The second-order valence-electron chi connectivity index (χ2n) is 6.36. The lowest BCUT2D eigenvalue weighted by Gasteiger charge is -2.36. The molecule has 2 aliphatic rings. The van der Waals surface area contributed by atoms with E-state index in [1.165, 1.54) is 29.7 Å². The Morgan fingerprint density at radius 1 is 1.30 bits per heavy atom. The van der Waals surface area contributed by atoms with Gasteiger partial charge in [0.05, 0.1) is 5.60 Å². The molecule has 1 unspecified atom stereocenters. The molecule has 1 atom stereocenters. The molecule has 1 aliphatic heterocycles. The minimum Gasteiger partial charge on any atom is -0.389 e. The Balaban J connectivity index is 1.55. The van der Waals surface area contributed by atoms with E-state index in [0.29, 0.717) is 6.04 Å². The number of hydrogen-bond acceptors (Lipinski definition) is 3. The second-order valence-corrected chi connectivity index (χ2v) is 7.42. The van der Waals surface area contributed by atoms with E-state index in [1.807, 2.05) is 11.8 Å². The van der Waals surface area contributed by atoms with Crippen molar-refractivity contribution in [3.05, 3.63) is 29.8 Å². The third-order valence-corrected chi connectivity index (χ3v) is 6.17. The quantitative estimate of drug-likeness (QED) is 0.886. The molecule has 1 fully saturated rings. The first-order valence-electron chi connectivity index (χ1n) is 7.88. The molecule has 3 heteroatoms. The van der Waals surface area contributed by atoms with E-state index in [9.17, 15) is 5.11 Å². The van der Waals surface area contributed by atoms with E-state index in [-0.39, 0.29) is 0 Å². The Labute approximate surface area is 126 Å². The highest BCUT2D eigenvalue weighted by molar-refractivity contribution is 7.99. The number of fused-ring (bicyclic) bond motifs is 1. The van der Waals surface area contributed by atoms with Gasteiger partial charge in [0, 0.05) is 23.2 Å². The lowest BCUT2D eigenvalue weighted by molar-refractivity contribution is -0.0102. The number of rotatable bonds is 4. The Morgan fingerprint density at radius 3 is 2.80 bits per heavy atom. The molecule has 0 saturated heterocycles. The van der Waals surface area contributed by atoms with Gasteiger partial charge in [-0.1, -0.05) is 31.5 Å². The van der Waals surface area contributed by atoms with Crippen LogP contribution in [0.5, 0.6) is 0 Å². The van der Waals surface area contributed by atoms with Gasteiger partial charge in [0.1, 0.15) is 0 Å². The van der Waals surface area contributed by atoms with Gasteiger partial charge < -0.3 is 10.4 Å². The third kappa shape index (κ3) is 3.05. The minimum atomic E-state index is -0.478. The summed E-state index contributed by atoms with van der Waals surface area (Å²) in [6, 6.07) is 9.03. The van der Waals surface area contributed by atoms with E-state index < -0.39 is 5.60 Å². The molecule has 1 aromatic rings. The molecule has 2 N–H and O–H groups in total. The first-order valence-corrected chi connectivity index (χ1v) is 8.86. The fraction of sp³-hybridized carbons (Fsp3) is 0.647. The molecule has 1 saturated carbocycles. The lowest BCUT2D eigenvalue weighted by atomic mass is 9.77. The number of nitrogens with one attached hydrogen (secondary N) is 1. The third-order valence-electron chi connectivity index (χ3n) is 4.99. The van der Waals surface area contributed by atoms with E-state index in [0.717, 1.165) is 31.1 Å². The molecular weight excluding hydrogens is 266 g/mol. The zero-order valence-electron chi connectivity index (χ0n) is 12.3. The molecule has 0 radical (unpaired) electrons. The first-order chi connectivity index (χ1) is 9.70. The van der Waals surface area contributed by atoms with Gasteiger partial charge in [-0.3, -0.25) is 0 Å². The van der Waals surface area contributed by atoms with Crippen LogP contribution >= 0.6 is 11.8 Å². The molecule has 1 aliphatic carbocycles. The van der Waals surface area contributed by atoms with Crippen LogP contribution in [-0.4, -0.2) is 23.0 Å². The number of hydrogen-bond donors (Lipinski definition) is 2. The zero-order valence-corrected chi connectivity index (χ0v) is 13.1. The maximum absolute atomic E-state index is 10.7. The summed E-state index contributed by atoms with van der Waals surface area (Å²) in [7, 11) is 0. The highest BCUT2D eigenvalue weighted by Gasteiger charge is 2.33. The highest BCUT2D eigenvalue weighted by atomic mass is 32.2. The lowest BCUT2D eigenvalue weighted by Crippen LogP contribution is -2.44. The molecule has 20 heavy (non-hydrogen) atoms. The summed E-state index contributed by atoms with van der Waals surface area (Å²) in [4.78, 5) is 1.40. The van der Waals surface area contributed by atoms with Gasteiger partial charge in [0.2, 0.25) is 0 Å². The molecule has 3 rings (SSSR count). The standard InChI is InChI=1S/C17H25NOS/c1-2-13-7-9-17(19,10-8-13)12-18-15-11-20-16-6-4-3-5-14(15)16/h3-6,13,15,18-19H,2,7-12H2,1H3. The Bertz CT molecular complexity index is 454. The monoisotopic (exact) mass is 291 g/mol. The molecule has 1 heterocycles. The average Bonchev–Trinajstić information content (AvgIpc) is 2.89. The second kappa shape index (κ2) is 6.08. The number of benzene rings is 1. The first kappa shape index (κ1) is 14.4. The number of thioether (sulfide) groups is 1. The van der Waals surface area contributed by atoms with Crippen LogP contribution < -0.4 is 5.32 Å². The van der Waals surface area contributed by atoms with Gasteiger partial charge in [-0.15, -0.1) is 11.8 Å². The van der Waals surface area contributed by atoms with Crippen LogP contribution in [0.4, 0.5) is 0 Å². The summed E-state index contributed by atoms with van der Waals surface area (Å²) < 4.78 is 0. The SMILES string of the molecule is CCC1CCC(O)(CNC2CSc3ccccc32)CC1. The fourth-order valence-corrected chi connectivity index (χ4v) is 4.64. The molecule has 110 valence electrons. The molecular formula is C17H25NOS. The van der Waals surface area contributed by atoms with Crippen LogP contribution in [0, 0.1) is 5.92 Å².